The van der Waals surface area contributed by atoms with Gasteiger partial charge in [0.15, 0.2) is 0 Å². The molecule has 1 aliphatic rings. The van der Waals surface area contributed by atoms with Crippen molar-refractivity contribution < 1.29 is 18.9 Å². The smallest absolute Gasteiger partial charge is 0.269 e. The van der Waals surface area contributed by atoms with Crippen LogP contribution >= 0.6 is 24.0 Å². The number of nitro benzene ring substituents is 1. The molecule has 0 atom stereocenters. The Bertz CT molecular complexity index is 1070. The van der Waals surface area contributed by atoms with E-state index in [0.717, 1.165) is 18.2 Å². The van der Waals surface area contributed by atoms with Gasteiger partial charge in [-0.3, -0.25) is 24.6 Å². The molecular formula is C22H20FN3O4S2. The summed E-state index contributed by atoms with van der Waals surface area (Å²) in [5.41, 5.74) is 0.800. The number of nitrogens with zero attached hydrogens (tertiary/aromatic N) is 2. The fourth-order valence-corrected chi connectivity index (χ4v) is 4.35. The number of carbonyl (C=O) groups excluding carboxylic acids is 2. The minimum absolute atomic E-state index is 0.0394. The van der Waals surface area contributed by atoms with E-state index >= 15 is 0 Å². The normalized spacial score (nSPS) is 14.8. The van der Waals surface area contributed by atoms with Crippen molar-refractivity contribution >= 4 is 57.6 Å². The third-order valence-corrected chi connectivity index (χ3v) is 6.09. The van der Waals surface area contributed by atoms with Gasteiger partial charge in [0.1, 0.15) is 10.1 Å². The van der Waals surface area contributed by atoms with Gasteiger partial charge in [-0.2, -0.15) is 0 Å². The van der Waals surface area contributed by atoms with Gasteiger partial charge >= 0.3 is 0 Å². The zero-order valence-electron chi connectivity index (χ0n) is 17.0. The summed E-state index contributed by atoms with van der Waals surface area (Å²) in [6, 6.07) is 11.9. The van der Waals surface area contributed by atoms with Gasteiger partial charge in [-0.15, -0.1) is 0 Å². The lowest BCUT2D eigenvalue weighted by Crippen LogP contribution is -2.29. The van der Waals surface area contributed by atoms with Crippen molar-refractivity contribution in [3.05, 3.63) is 74.9 Å². The molecule has 0 unspecified atom stereocenters. The number of unbranched alkanes of at least 4 members (excludes halogenated alkanes) is 2. The predicted octanol–water partition coefficient (Wildman–Crippen LogP) is 5.13. The van der Waals surface area contributed by atoms with Gasteiger partial charge in [-0.25, -0.2) is 4.39 Å². The molecule has 2 aromatic carbocycles. The molecular weight excluding hydrogens is 453 g/mol. The molecule has 10 heteroatoms. The Balaban J connectivity index is 1.41. The molecule has 166 valence electrons. The van der Waals surface area contributed by atoms with Crippen LogP contribution in [0.3, 0.4) is 0 Å². The number of benzene rings is 2. The number of rotatable bonds is 9. The summed E-state index contributed by atoms with van der Waals surface area (Å²) in [6.07, 6.45) is 3.82. The van der Waals surface area contributed by atoms with Gasteiger partial charge in [0.05, 0.1) is 9.83 Å². The average Bonchev–Trinajstić information content (AvgIpc) is 3.02. The van der Waals surface area contributed by atoms with Crippen LogP contribution in [0.4, 0.5) is 15.8 Å². The Morgan fingerprint density at radius 2 is 1.88 bits per heavy atom. The van der Waals surface area contributed by atoms with E-state index in [-0.39, 0.29) is 17.5 Å². The number of carbonyl (C=O) groups is 2. The van der Waals surface area contributed by atoms with Gasteiger partial charge in [-0.05, 0) is 37.1 Å². The Hall–Kier alpha value is -3.11. The first-order valence-corrected chi connectivity index (χ1v) is 11.1. The quantitative estimate of drug-likeness (QED) is 0.178. The van der Waals surface area contributed by atoms with Gasteiger partial charge in [0, 0.05) is 36.3 Å². The highest BCUT2D eigenvalue weighted by Gasteiger charge is 2.31. The zero-order valence-corrected chi connectivity index (χ0v) is 18.6. The highest BCUT2D eigenvalue weighted by atomic mass is 32.2. The summed E-state index contributed by atoms with van der Waals surface area (Å²) in [5.74, 6) is -0.818. The highest BCUT2D eigenvalue weighted by Crippen LogP contribution is 2.33. The molecule has 1 heterocycles. The second-order valence-electron chi connectivity index (χ2n) is 7.02. The molecule has 1 fully saturated rings. The van der Waals surface area contributed by atoms with Crippen LogP contribution in [-0.2, 0) is 9.59 Å². The monoisotopic (exact) mass is 473 g/mol. The van der Waals surface area contributed by atoms with Crippen LogP contribution in [0, 0.1) is 15.9 Å². The van der Waals surface area contributed by atoms with E-state index in [2.05, 4.69) is 5.32 Å². The van der Waals surface area contributed by atoms with Crippen LogP contribution in [-0.4, -0.2) is 32.5 Å². The third kappa shape index (κ3) is 6.21. The van der Waals surface area contributed by atoms with Crippen LogP contribution in [0.5, 0.6) is 0 Å². The second kappa shape index (κ2) is 11.0. The number of thiocarbonyl (C=S) groups is 1. The first kappa shape index (κ1) is 23.6. The molecule has 0 radical (unpaired) electrons. The first-order valence-electron chi connectivity index (χ1n) is 9.89. The fraction of sp³-hybridized carbons (Fsp3) is 0.227. The maximum atomic E-state index is 13.8. The molecule has 1 saturated heterocycles. The minimum atomic E-state index is -0.500. The molecule has 3 rings (SSSR count). The van der Waals surface area contributed by atoms with Gasteiger partial charge in [0.2, 0.25) is 5.91 Å². The largest absolute Gasteiger partial charge is 0.326 e. The summed E-state index contributed by atoms with van der Waals surface area (Å²) in [7, 11) is 0. The fourth-order valence-electron chi connectivity index (χ4n) is 3.05. The Kier molecular flexibility index (Phi) is 8.07. The molecule has 2 aromatic rings. The van der Waals surface area contributed by atoms with Crippen LogP contribution in [0.2, 0.25) is 0 Å². The van der Waals surface area contributed by atoms with Crippen molar-refractivity contribution in [2.45, 2.75) is 25.7 Å². The Morgan fingerprint density at radius 3 is 2.56 bits per heavy atom. The summed E-state index contributed by atoms with van der Waals surface area (Å²) in [5, 5.41) is 13.4. The Morgan fingerprint density at radius 1 is 1.16 bits per heavy atom. The number of nitro groups is 1. The number of halogens is 1. The number of hydrogen-bond acceptors (Lipinski definition) is 6. The molecule has 2 amide bonds. The van der Waals surface area contributed by atoms with Crippen LogP contribution in [0.25, 0.3) is 6.08 Å². The van der Waals surface area contributed by atoms with Crippen LogP contribution in [0.15, 0.2) is 53.4 Å². The third-order valence-electron chi connectivity index (χ3n) is 4.71. The number of amides is 2. The molecule has 0 bridgehead atoms. The van der Waals surface area contributed by atoms with Crippen molar-refractivity contribution in [3.63, 3.8) is 0 Å². The molecule has 0 aliphatic carbocycles. The summed E-state index contributed by atoms with van der Waals surface area (Å²) in [4.78, 5) is 36.7. The predicted molar refractivity (Wildman–Crippen MR) is 126 cm³/mol. The van der Waals surface area contributed by atoms with E-state index in [0.29, 0.717) is 46.3 Å². The van der Waals surface area contributed by atoms with E-state index in [9.17, 15) is 24.1 Å². The SMILES string of the molecule is O=C(CCCCCN1C(=O)/C(=C/c2ccccc2F)SC1=S)Nc1ccc([N+](=O)[O-])cc1. The highest BCUT2D eigenvalue weighted by molar-refractivity contribution is 8.26. The molecule has 32 heavy (non-hydrogen) atoms. The molecule has 0 aromatic heterocycles. The lowest BCUT2D eigenvalue weighted by molar-refractivity contribution is -0.384. The van der Waals surface area contributed by atoms with E-state index in [4.69, 9.17) is 12.2 Å². The molecule has 1 N–H and O–H groups in total. The maximum Gasteiger partial charge on any atom is 0.269 e. The van der Waals surface area contributed by atoms with E-state index in [1.54, 1.807) is 18.2 Å². The Labute approximate surface area is 193 Å². The average molecular weight is 474 g/mol. The number of thioether (sulfide) groups is 1. The lowest BCUT2D eigenvalue weighted by Gasteiger charge is -2.14. The topological polar surface area (TPSA) is 92.6 Å². The van der Waals surface area contributed by atoms with Crippen LogP contribution < -0.4 is 5.32 Å². The maximum absolute atomic E-state index is 13.8. The lowest BCUT2D eigenvalue weighted by atomic mass is 10.1. The minimum Gasteiger partial charge on any atom is -0.326 e. The van der Waals surface area contributed by atoms with Gasteiger partial charge in [0.25, 0.3) is 11.6 Å². The van der Waals surface area contributed by atoms with Gasteiger partial charge in [-0.1, -0.05) is 48.6 Å². The number of anilines is 1. The van der Waals surface area contributed by atoms with Crippen molar-refractivity contribution in [2.75, 3.05) is 11.9 Å². The molecule has 1 aliphatic heterocycles. The zero-order chi connectivity index (χ0) is 23.1. The standard InChI is InChI=1S/C22H20FN3O4S2/c23-18-7-4-3-6-15(18)14-19-21(28)25(22(31)32-19)13-5-1-2-8-20(27)24-16-9-11-17(12-10-16)26(29)30/h3-4,6-7,9-12,14H,1-2,5,8,13H2,(H,24,27)/b19-14-. The van der Waals surface area contributed by atoms with Crippen molar-refractivity contribution in [1.29, 1.82) is 0 Å². The number of nitrogens with one attached hydrogen (secondary N) is 1. The molecule has 0 saturated carbocycles. The number of hydrogen-bond donors (Lipinski definition) is 1. The van der Waals surface area contributed by atoms with E-state index in [1.165, 1.54) is 41.3 Å². The van der Waals surface area contributed by atoms with Crippen molar-refractivity contribution in [2.24, 2.45) is 0 Å². The number of non-ortho nitro benzene ring substituents is 1. The summed E-state index contributed by atoms with van der Waals surface area (Å²) in [6.45, 7) is 0.434. The summed E-state index contributed by atoms with van der Waals surface area (Å²) < 4.78 is 14.3. The second-order valence-corrected chi connectivity index (χ2v) is 8.69. The van der Waals surface area contributed by atoms with Crippen LogP contribution in [0.1, 0.15) is 31.2 Å². The van der Waals surface area contributed by atoms with Gasteiger partial charge < -0.3 is 5.32 Å². The summed E-state index contributed by atoms with van der Waals surface area (Å²) >= 11 is 6.44. The molecule has 7 nitrogen and oxygen atoms in total. The molecule has 0 spiro atoms. The van der Waals surface area contributed by atoms with E-state index in [1.807, 2.05) is 0 Å². The van der Waals surface area contributed by atoms with E-state index < -0.39 is 10.7 Å². The van der Waals surface area contributed by atoms with Crippen molar-refractivity contribution in [1.82, 2.24) is 4.90 Å². The van der Waals surface area contributed by atoms with Crippen molar-refractivity contribution in [3.8, 4) is 0 Å². The first-order chi connectivity index (χ1) is 15.3.